The van der Waals surface area contributed by atoms with Crippen molar-refractivity contribution < 1.29 is 4.79 Å². The van der Waals surface area contributed by atoms with Gasteiger partial charge < -0.3 is 11.1 Å². The van der Waals surface area contributed by atoms with Crippen LogP contribution in [0.4, 0.5) is 0 Å². The molecule has 0 bridgehead atoms. The van der Waals surface area contributed by atoms with Crippen LogP contribution in [-0.4, -0.2) is 43.5 Å². The maximum absolute atomic E-state index is 11.7. The first kappa shape index (κ1) is 16.4. The minimum Gasteiger partial charge on any atom is -0.353 e. The van der Waals surface area contributed by atoms with E-state index in [2.05, 4.69) is 26.1 Å². The molecular weight excluding hydrogens is 214 g/mol. The van der Waals surface area contributed by atoms with Gasteiger partial charge in [0.15, 0.2) is 0 Å². The highest BCUT2D eigenvalue weighted by Crippen LogP contribution is 2.06. The Kier molecular flexibility index (Phi) is 9.09. The number of nitrogens with one attached hydrogen (secondary N) is 1. The molecule has 0 spiro atoms. The Labute approximate surface area is 106 Å². The van der Waals surface area contributed by atoms with E-state index in [1.54, 1.807) is 0 Å². The number of hydrogen-bond donors (Lipinski definition) is 2. The summed E-state index contributed by atoms with van der Waals surface area (Å²) in [4.78, 5) is 13.7. The molecule has 0 rings (SSSR count). The lowest BCUT2D eigenvalue weighted by molar-refractivity contribution is -0.122. The Hall–Kier alpha value is -0.610. The van der Waals surface area contributed by atoms with Crippen LogP contribution < -0.4 is 11.1 Å². The third-order valence-electron chi connectivity index (χ3n) is 2.74. The number of carbonyl (C=O) groups excluding carboxylic acids is 1. The van der Waals surface area contributed by atoms with Gasteiger partial charge in [0.1, 0.15) is 0 Å². The molecule has 1 unspecified atom stereocenters. The quantitative estimate of drug-likeness (QED) is 0.640. The molecule has 1 atom stereocenters. The normalized spacial score (nSPS) is 13.1. The number of hydrogen-bond acceptors (Lipinski definition) is 3. The van der Waals surface area contributed by atoms with Crippen molar-refractivity contribution in [1.82, 2.24) is 10.2 Å². The lowest BCUT2D eigenvalue weighted by atomic mass is 10.0. The van der Waals surface area contributed by atoms with Gasteiger partial charge >= 0.3 is 0 Å². The van der Waals surface area contributed by atoms with E-state index >= 15 is 0 Å². The van der Waals surface area contributed by atoms with Crippen LogP contribution in [0.25, 0.3) is 0 Å². The molecule has 0 aliphatic rings. The molecule has 0 aliphatic carbocycles. The van der Waals surface area contributed by atoms with Crippen molar-refractivity contribution in [3.05, 3.63) is 0 Å². The molecule has 102 valence electrons. The molecule has 0 aliphatic heterocycles. The fourth-order valence-electron chi connectivity index (χ4n) is 1.66. The van der Waals surface area contributed by atoms with E-state index in [-0.39, 0.29) is 11.9 Å². The maximum atomic E-state index is 11.7. The van der Waals surface area contributed by atoms with E-state index in [0.717, 1.165) is 25.8 Å². The maximum Gasteiger partial charge on any atom is 0.234 e. The van der Waals surface area contributed by atoms with E-state index in [9.17, 15) is 4.79 Å². The summed E-state index contributed by atoms with van der Waals surface area (Å²) in [6.45, 7) is 8.50. The molecule has 0 aromatic carbocycles. The van der Waals surface area contributed by atoms with Crippen molar-refractivity contribution >= 4 is 5.91 Å². The average molecular weight is 243 g/mol. The topological polar surface area (TPSA) is 58.4 Å². The summed E-state index contributed by atoms with van der Waals surface area (Å²) in [5.74, 6) is 0.808. The lowest BCUT2D eigenvalue weighted by Gasteiger charge is -2.19. The SMILES string of the molecule is CC(C)CCC(C)NC(=O)CN(C)CCCN. The van der Waals surface area contributed by atoms with Gasteiger partial charge in [-0.1, -0.05) is 13.8 Å². The molecule has 0 saturated heterocycles. The van der Waals surface area contributed by atoms with Gasteiger partial charge in [-0.25, -0.2) is 0 Å². The van der Waals surface area contributed by atoms with Gasteiger partial charge in [0, 0.05) is 6.04 Å². The summed E-state index contributed by atoms with van der Waals surface area (Å²) in [6.07, 6.45) is 3.15. The second-order valence-electron chi connectivity index (χ2n) is 5.32. The third-order valence-corrected chi connectivity index (χ3v) is 2.74. The van der Waals surface area contributed by atoms with Crippen molar-refractivity contribution in [3.8, 4) is 0 Å². The van der Waals surface area contributed by atoms with E-state index in [4.69, 9.17) is 5.73 Å². The van der Waals surface area contributed by atoms with Gasteiger partial charge in [0.2, 0.25) is 5.91 Å². The molecule has 0 aromatic rings. The minimum atomic E-state index is 0.112. The smallest absolute Gasteiger partial charge is 0.234 e. The fraction of sp³-hybridized carbons (Fsp3) is 0.923. The van der Waals surface area contributed by atoms with Crippen LogP contribution in [0.2, 0.25) is 0 Å². The zero-order valence-electron chi connectivity index (χ0n) is 11.8. The Morgan fingerprint density at radius 1 is 1.29 bits per heavy atom. The number of nitrogens with zero attached hydrogens (tertiary/aromatic N) is 1. The zero-order valence-corrected chi connectivity index (χ0v) is 11.8. The Morgan fingerprint density at radius 2 is 1.94 bits per heavy atom. The molecule has 17 heavy (non-hydrogen) atoms. The van der Waals surface area contributed by atoms with E-state index in [1.165, 1.54) is 0 Å². The minimum absolute atomic E-state index is 0.112. The Morgan fingerprint density at radius 3 is 2.47 bits per heavy atom. The molecule has 1 amide bonds. The summed E-state index contributed by atoms with van der Waals surface area (Å²) < 4.78 is 0. The molecule has 0 saturated carbocycles. The van der Waals surface area contributed by atoms with Crippen molar-refractivity contribution in [2.75, 3.05) is 26.7 Å². The second kappa shape index (κ2) is 9.42. The molecule has 0 fully saturated rings. The summed E-state index contributed by atoms with van der Waals surface area (Å²) in [7, 11) is 1.95. The van der Waals surface area contributed by atoms with Crippen molar-refractivity contribution in [2.45, 2.75) is 46.1 Å². The van der Waals surface area contributed by atoms with Crippen molar-refractivity contribution in [2.24, 2.45) is 11.7 Å². The van der Waals surface area contributed by atoms with Gasteiger partial charge in [-0.3, -0.25) is 9.69 Å². The van der Waals surface area contributed by atoms with E-state index in [0.29, 0.717) is 19.0 Å². The monoisotopic (exact) mass is 243 g/mol. The van der Waals surface area contributed by atoms with Gasteiger partial charge in [-0.15, -0.1) is 0 Å². The van der Waals surface area contributed by atoms with Crippen LogP contribution in [-0.2, 0) is 4.79 Å². The van der Waals surface area contributed by atoms with Crippen LogP contribution in [0.5, 0.6) is 0 Å². The predicted molar refractivity (Wildman–Crippen MR) is 72.8 cm³/mol. The standard InChI is InChI=1S/C13H29N3O/c1-11(2)6-7-12(3)15-13(17)10-16(4)9-5-8-14/h11-12H,5-10,14H2,1-4H3,(H,15,17). The van der Waals surface area contributed by atoms with E-state index in [1.807, 2.05) is 11.9 Å². The first-order valence-electron chi connectivity index (χ1n) is 6.63. The van der Waals surface area contributed by atoms with Gasteiger partial charge in [-0.2, -0.15) is 0 Å². The highest BCUT2D eigenvalue weighted by Gasteiger charge is 2.10. The highest BCUT2D eigenvalue weighted by atomic mass is 16.2. The number of rotatable bonds is 9. The molecule has 0 heterocycles. The summed E-state index contributed by atoms with van der Waals surface area (Å²) in [5.41, 5.74) is 5.43. The summed E-state index contributed by atoms with van der Waals surface area (Å²) >= 11 is 0. The van der Waals surface area contributed by atoms with Crippen LogP contribution in [0.15, 0.2) is 0 Å². The first-order chi connectivity index (χ1) is 7.95. The fourth-order valence-corrected chi connectivity index (χ4v) is 1.66. The summed E-state index contributed by atoms with van der Waals surface area (Å²) in [5, 5.41) is 3.03. The van der Waals surface area contributed by atoms with Gasteiger partial charge in [0.05, 0.1) is 6.54 Å². The molecule has 0 radical (unpaired) electrons. The number of likely N-dealkylation sites (N-methyl/N-ethyl adjacent to an activating group) is 1. The molecule has 4 nitrogen and oxygen atoms in total. The van der Waals surface area contributed by atoms with Crippen LogP contribution in [0.3, 0.4) is 0 Å². The predicted octanol–water partition coefficient (Wildman–Crippen LogP) is 1.21. The lowest BCUT2D eigenvalue weighted by Crippen LogP contribution is -2.40. The van der Waals surface area contributed by atoms with Gasteiger partial charge in [0.25, 0.3) is 0 Å². The Balaban J connectivity index is 3.69. The number of nitrogens with two attached hydrogens (primary N) is 1. The second-order valence-corrected chi connectivity index (χ2v) is 5.32. The van der Waals surface area contributed by atoms with Crippen LogP contribution in [0, 0.1) is 5.92 Å². The highest BCUT2D eigenvalue weighted by molar-refractivity contribution is 5.78. The van der Waals surface area contributed by atoms with Crippen molar-refractivity contribution in [1.29, 1.82) is 0 Å². The number of carbonyl (C=O) groups is 1. The van der Waals surface area contributed by atoms with Crippen LogP contribution >= 0.6 is 0 Å². The summed E-state index contributed by atoms with van der Waals surface area (Å²) in [6, 6.07) is 0.271. The average Bonchev–Trinajstić information content (AvgIpc) is 2.23. The molecule has 3 N–H and O–H groups in total. The molecule has 0 aromatic heterocycles. The third kappa shape index (κ3) is 10.3. The first-order valence-corrected chi connectivity index (χ1v) is 6.63. The van der Waals surface area contributed by atoms with Gasteiger partial charge in [-0.05, 0) is 52.2 Å². The van der Waals surface area contributed by atoms with E-state index < -0.39 is 0 Å². The van der Waals surface area contributed by atoms with Crippen LogP contribution in [0.1, 0.15) is 40.0 Å². The molecular formula is C13H29N3O. The zero-order chi connectivity index (χ0) is 13.3. The Bertz CT molecular complexity index is 207. The number of amides is 1. The molecule has 4 heteroatoms. The van der Waals surface area contributed by atoms with Crippen molar-refractivity contribution in [3.63, 3.8) is 0 Å². The largest absolute Gasteiger partial charge is 0.353 e.